The van der Waals surface area contributed by atoms with Gasteiger partial charge in [0.2, 0.25) is 5.91 Å². The van der Waals surface area contributed by atoms with Gasteiger partial charge in [0.25, 0.3) is 11.8 Å². The average Bonchev–Trinajstić information content (AvgIpc) is 3.28. The molecule has 3 fully saturated rings. The Hall–Kier alpha value is -3.39. The molecule has 5 rings (SSSR count). The van der Waals surface area contributed by atoms with Gasteiger partial charge in [-0.2, -0.15) is 0 Å². The molecule has 3 amide bonds. The molecule has 8 nitrogen and oxygen atoms in total. The second-order valence-electron chi connectivity index (χ2n) is 11.9. The van der Waals surface area contributed by atoms with Crippen molar-refractivity contribution in [1.82, 2.24) is 15.1 Å². The normalized spacial score (nSPS) is 19.1. The molecule has 2 saturated heterocycles. The van der Waals surface area contributed by atoms with Crippen LogP contribution in [0.25, 0.3) is 0 Å². The van der Waals surface area contributed by atoms with E-state index in [1.165, 1.54) is 37.7 Å². The quantitative estimate of drug-likeness (QED) is 0.424. The highest BCUT2D eigenvalue weighted by molar-refractivity contribution is 5.97. The van der Waals surface area contributed by atoms with Gasteiger partial charge in [0.05, 0.1) is 6.67 Å². The summed E-state index contributed by atoms with van der Waals surface area (Å²) in [4.78, 5) is 45.8. The van der Waals surface area contributed by atoms with Gasteiger partial charge in [-0.05, 0) is 80.8 Å². The third-order valence-corrected chi connectivity index (χ3v) is 9.23. The van der Waals surface area contributed by atoms with Gasteiger partial charge in [-0.15, -0.1) is 0 Å². The van der Waals surface area contributed by atoms with Crippen molar-refractivity contribution in [2.45, 2.75) is 75.7 Å². The highest BCUT2D eigenvalue weighted by Crippen LogP contribution is 2.40. The fourth-order valence-electron chi connectivity index (χ4n) is 6.82. The Morgan fingerprint density at radius 2 is 1.61 bits per heavy atom. The van der Waals surface area contributed by atoms with Gasteiger partial charge in [0.1, 0.15) is 12.1 Å². The zero-order chi connectivity index (χ0) is 28.7. The number of nitrogens with one attached hydrogen (secondary N) is 1. The van der Waals surface area contributed by atoms with Crippen molar-refractivity contribution in [3.8, 4) is 0 Å². The van der Waals surface area contributed by atoms with Crippen LogP contribution in [0.3, 0.4) is 0 Å². The van der Waals surface area contributed by atoms with E-state index in [1.54, 1.807) is 4.90 Å². The van der Waals surface area contributed by atoms with Crippen molar-refractivity contribution >= 4 is 23.4 Å². The van der Waals surface area contributed by atoms with E-state index in [4.69, 9.17) is 5.73 Å². The van der Waals surface area contributed by atoms with E-state index in [0.29, 0.717) is 57.2 Å². The minimum absolute atomic E-state index is 0.0245. The molecule has 0 aromatic heterocycles. The molecule has 3 aliphatic rings. The molecule has 0 radical (unpaired) electrons. The number of hydrogen-bond acceptors (Lipinski definition) is 5. The summed E-state index contributed by atoms with van der Waals surface area (Å²) in [6, 6.07) is 18.2. The highest BCUT2D eigenvalue weighted by atomic mass is 16.2. The third kappa shape index (κ3) is 6.58. The summed E-state index contributed by atoms with van der Waals surface area (Å²) in [5.74, 6) is 0.475. The van der Waals surface area contributed by atoms with Gasteiger partial charge in [-0.3, -0.25) is 14.4 Å². The Morgan fingerprint density at radius 1 is 0.902 bits per heavy atom. The van der Waals surface area contributed by atoms with Crippen molar-refractivity contribution < 1.29 is 14.4 Å². The van der Waals surface area contributed by atoms with Crippen LogP contribution in [0.5, 0.6) is 0 Å². The maximum atomic E-state index is 13.9. The maximum absolute atomic E-state index is 13.9. The van der Waals surface area contributed by atoms with E-state index in [2.05, 4.69) is 22.3 Å². The number of nitrogens with zero attached hydrogens (tertiary/aromatic N) is 3. The monoisotopic (exact) mass is 559 g/mol. The van der Waals surface area contributed by atoms with Crippen molar-refractivity contribution in [3.05, 3.63) is 65.7 Å². The second kappa shape index (κ2) is 13.5. The number of rotatable bonds is 10. The summed E-state index contributed by atoms with van der Waals surface area (Å²) >= 11 is 0. The van der Waals surface area contributed by atoms with E-state index in [-0.39, 0.29) is 24.3 Å². The first kappa shape index (κ1) is 29.1. The predicted octanol–water partition coefficient (Wildman–Crippen LogP) is 4.26. The number of nitrogens with two attached hydrogens (primary N) is 1. The fraction of sp³-hybridized carbons (Fsp3) is 0.545. The number of amides is 3. The molecule has 1 saturated carbocycles. The summed E-state index contributed by atoms with van der Waals surface area (Å²) in [5.41, 5.74) is 7.81. The van der Waals surface area contributed by atoms with Crippen molar-refractivity contribution in [3.63, 3.8) is 0 Å². The Morgan fingerprint density at radius 3 is 2.29 bits per heavy atom. The molecule has 2 aromatic carbocycles. The summed E-state index contributed by atoms with van der Waals surface area (Å²) < 4.78 is 0. The number of hydrogen-bond donors (Lipinski definition) is 2. The SMILES string of the molecule is NCCCCCNC(=O)CN1CN(c2ccccc2)C2(CCN(C(=O)c3ccc(C4CCCCC4)cc3)CC2)C1=O. The van der Waals surface area contributed by atoms with E-state index in [9.17, 15) is 14.4 Å². The first-order valence-electron chi connectivity index (χ1n) is 15.5. The minimum Gasteiger partial charge on any atom is -0.355 e. The first-order valence-corrected chi connectivity index (χ1v) is 15.5. The molecular weight excluding hydrogens is 514 g/mol. The molecule has 2 aromatic rings. The molecule has 3 N–H and O–H groups in total. The lowest BCUT2D eigenvalue weighted by atomic mass is 9.83. The molecular formula is C33H45N5O3. The third-order valence-electron chi connectivity index (χ3n) is 9.23. The lowest BCUT2D eigenvalue weighted by molar-refractivity contribution is -0.137. The molecule has 1 aliphatic carbocycles. The molecule has 8 heteroatoms. The summed E-state index contributed by atoms with van der Waals surface area (Å²) in [6.45, 7) is 2.65. The van der Waals surface area contributed by atoms with Crippen LogP contribution in [0.4, 0.5) is 5.69 Å². The Kier molecular flexibility index (Phi) is 9.60. The molecule has 41 heavy (non-hydrogen) atoms. The molecule has 0 atom stereocenters. The number of anilines is 1. The van der Waals surface area contributed by atoms with Gasteiger partial charge < -0.3 is 25.8 Å². The Balaban J connectivity index is 1.24. The van der Waals surface area contributed by atoms with Gasteiger partial charge in [-0.1, -0.05) is 56.0 Å². The number of unbranched alkanes of at least 4 members (excludes halogenated alkanes) is 2. The van der Waals surface area contributed by atoms with Crippen LogP contribution < -0.4 is 16.0 Å². The Labute approximate surface area is 244 Å². The van der Waals surface area contributed by atoms with Crippen LogP contribution in [0.2, 0.25) is 0 Å². The van der Waals surface area contributed by atoms with Crippen LogP contribution >= 0.6 is 0 Å². The lowest BCUT2D eigenvalue weighted by Gasteiger charge is -2.43. The number of para-hydroxylation sites is 1. The first-order chi connectivity index (χ1) is 20.0. The number of piperidine rings is 1. The summed E-state index contributed by atoms with van der Waals surface area (Å²) in [5, 5.41) is 2.95. The van der Waals surface area contributed by atoms with Gasteiger partial charge in [0.15, 0.2) is 0 Å². The Bertz CT molecular complexity index is 1170. The van der Waals surface area contributed by atoms with E-state index in [1.807, 2.05) is 47.4 Å². The van der Waals surface area contributed by atoms with Gasteiger partial charge >= 0.3 is 0 Å². The van der Waals surface area contributed by atoms with Crippen LogP contribution in [-0.2, 0) is 9.59 Å². The fourth-order valence-corrected chi connectivity index (χ4v) is 6.82. The molecule has 1 spiro atoms. The molecule has 0 bridgehead atoms. The zero-order valence-electron chi connectivity index (χ0n) is 24.2. The smallest absolute Gasteiger partial charge is 0.253 e. The molecule has 220 valence electrons. The highest BCUT2D eigenvalue weighted by Gasteiger charge is 2.54. The molecule has 2 aliphatic heterocycles. The van der Waals surface area contributed by atoms with Crippen LogP contribution in [0.1, 0.15) is 86.0 Å². The number of carbonyl (C=O) groups is 3. The summed E-state index contributed by atoms with van der Waals surface area (Å²) in [7, 11) is 0. The summed E-state index contributed by atoms with van der Waals surface area (Å²) in [6.07, 6.45) is 10.2. The van der Waals surface area contributed by atoms with Crippen LogP contribution in [0.15, 0.2) is 54.6 Å². The second-order valence-corrected chi connectivity index (χ2v) is 11.9. The minimum atomic E-state index is -0.760. The maximum Gasteiger partial charge on any atom is 0.253 e. The van der Waals surface area contributed by atoms with E-state index < -0.39 is 5.54 Å². The molecule has 0 unspecified atom stereocenters. The number of likely N-dealkylation sites (tertiary alicyclic amines) is 1. The van der Waals surface area contributed by atoms with Crippen molar-refractivity contribution in [2.75, 3.05) is 44.3 Å². The van der Waals surface area contributed by atoms with Gasteiger partial charge in [0, 0.05) is 30.9 Å². The number of benzene rings is 2. The topological polar surface area (TPSA) is 99.0 Å². The lowest BCUT2D eigenvalue weighted by Crippen LogP contribution is -2.57. The number of carbonyl (C=O) groups excluding carboxylic acids is 3. The van der Waals surface area contributed by atoms with E-state index >= 15 is 0 Å². The standard InChI is InChI=1S/C33H45N5O3/c34-20-8-3-9-21-35-30(39)24-37-25-38(29-12-6-2-7-13-29)33(32(37)41)18-22-36(23-19-33)31(40)28-16-14-27(15-17-28)26-10-4-1-5-11-26/h2,6-7,12-17,26H,1,3-5,8-11,18-25,34H2,(H,35,39). The molecule has 2 heterocycles. The van der Waals surface area contributed by atoms with Gasteiger partial charge in [-0.25, -0.2) is 0 Å². The predicted molar refractivity (Wildman–Crippen MR) is 162 cm³/mol. The van der Waals surface area contributed by atoms with E-state index in [0.717, 1.165) is 24.9 Å². The van der Waals surface area contributed by atoms with Crippen LogP contribution in [-0.4, -0.2) is 72.5 Å². The largest absolute Gasteiger partial charge is 0.355 e. The van der Waals surface area contributed by atoms with Crippen molar-refractivity contribution in [1.29, 1.82) is 0 Å². The van der Waals surface area contributed by atoms with Crippen molar-refractivity contribution in [2.24, 2.45) is 5.73 Å². The van der Waals surface area contributed by atoms with Crippen LogP contribution in [0, 0.1) is 0 Å². The zero-order valence-corrected chi connectivity index (χ0v) is 24.2. The average molecular weight is 560 g/mol.